The van der Waals surface area contributed by atoms with Crippen molar-refractivity contribution in [2.45, 2.75) is 10.8 Å². The van der Waals surface area contributed by atoms with Gasteiger partial charge in [0, 0.05) is 16.5 Å². The number of hydrogen-bond donors (Lipinski definition) is 0. The van der Waals surface area contributed by atoms with Crippen LogP contribution in [0.3, 0.4) is 0 Å². The van der Waals surface area contributed by atoms with Gasteiger partial charge in [0.15, 0.2) is 0 Å². The predicted octanol–water partition coefficient (Wildman–Crippen LogP) is 13.8. The number of aromatic nitrogens is 1. The molecular formula is C57H35N. The van der Waals surface area contributed by atoms with Crippen molar-refractivity contribution in [3.63, 3.8) is 0 Å². The number of pyridine rings is 1. The van der Waals surface area contributed by atoms with Crippen LogP contribution in [0.4, 0.5) is 0 Å². The summed E-state index contributed by atoms with van der Waals surface area (Å²) in [4.78, 5) is 5.78. The Bertz CT molecular complexity index is 3280. The Morgan fingerprint density at radius 2 is 0.741 bits per heavy atom. The van der Waals surface area contributed by atoms with Gasteiger partial charge < -0.3 is 0 Å². The SMILES string of the molecule is c1ccc2c(c1)-c1ccccc1C21c2ccccc2C2(c3ccccc3-c3ccccc32)c2c(-c3cc4ccccc4c(-c4ccc5ccccc5c4)n3)cccc21. The second-order valence-electron chi connectivity index (χ2n) is 16.1. The molecule has 1 heterocycles. The minimum Gasteiger partial charge on any atom is -0.247 e. The summed E-state index contributed by atoms with van der Waals surface area (Å²) in [6.45, 7) is 0. The van der Waals surface area contributed by atoms with Crippen LogP contribution >= 0.6 is 0 Å². The molecule has 0 aliphatic heterocycles. The number of fused-ring (bicyclic) bond motifs is 18. The van der Waals surface area contributed by atoms with E-state index in [2.05, 4.69) is 212 Å². The molecule has 0 saturated heterocycles. The summed E-state index contributed by atoms with van der Waals surface area (Å²) in [6, 6.07) is 79.4. The van der Waals surface area contributed by atoms with Crippen molar-refractivity contribution >= 4 is 21.5 Å². The molecule has 3 aliphatic rings. The third-order valence-electron chi connectivity index (χ3n) is 13.5. The predicted molar refractivity (Wildman–Crippen MR) is 238 cm³/mol. The van der Waals surface area contributed by atoms with Gasteiger partial charge in [0.25, 0.3) is 0 Å². The fraction of sp³-hybridized carbons (Fsp3) is 0.0351. The van der Waals surface area contributed by atoms with Crippen LogP contribution in [-0.4, -0.2) is 4.98 Å². The molecule has 9 aromatic carbocycles. The first-order valence-corrected chi connectivity index (χ1v) is 20.3. The van der Waals surface area contributed by atoms with Crippen LogP contribution in [0, 0.1) is 0 Å². The molecule has 0 N–H and O–H groups in total. The van der Waals surface area contributed by atoms with Crippen LogP contribution in [0.1, 0.15) is 44.5 Å². The van der Waals surface area contributed by atoms with E-state index in [1.165, 1.54) is 82.9 Å². The van der Waals surface area contributed by atoms with Gasteiger partial charge in [-0.15, -0.1) is 0 Å². The molecule has 1 aromatic heterocycles. The molecule has 1 heteroatoms. The lowest BCUT2D eigenvalue weighted by Crippen LogP contribution is -2.44. The van der Waals surface area contributed by atoms with Crippen LogP contribution in [0.2, 0.25) is 0 Å². The molecule has 0 amide bonds. The van der Waals surface area contributed by atoms with E-state index in [0.29, 0.717) is 0 Å². The largest absolute Gasteiger partial charge is 0.247 e. The molecule has 0 atom stereocenters. The number of hydrogen-bond acceptors (Lipinski definition) is 1. The summed E-state index contributed by atoms with van der Waals surface area (Å²) in [6.07, 6.45) is 0. The lowest BCUT2D eigenvalue weighted by Gasteiger charge is -2.49. The van der Waals surface area contributed by atoms with E-state index in [0.717, 1.165) is 27.9 Å². The highest BCUT2D eigenvalue weighted by Crippen LogP contribution is 2.68. The van der Waals surface area contributed by atoms with Gasteiger partial charge in [-0.3, -0.25) is 0 Å². The Morgan fingerprint density at radius 1 is 0.293 bits per heavy atom. The Kier molecular flexibility index (Phi) is 6.36. The molecule has 13 rings (SSSR count). The zero-order valence-corrected chi connectivity index (χ0v) is 31.7. The van der Waals surface area contributed by atoms with E-state index in [4.69, 9.17) is 4.98 Å². The first-order chi connectivity index (χ1) is 28.8. The second kappa shape index (κ2) is 11.6. The highest BCUT2D eigenvalue weighted by molar-refractivity contribution is 6.01. The zero-order valence-electron chi connectivity index (χ0n) is 31.7. The third kappa shape index (κ3) is 3.88. The Balaban J connectivity index is 1.22. The summed E-state index contributed by atoms with van der Waals surface area (Å²) < 4.78 is 0. The van der Waals surface area contributed by atoms with Gasteiger partial charge in [-0.1, -0.05) is 200 Å². The smallest absolute Gasteiger partial charge is 0.0788 e. The van der Waals surface area contributed by atoms with Crippen LogP contribution in [0.15, 0.2) is 212 Å². The molecule has 0 unspecified atom stereocenters. The molecule has 58 heavy (non-hydrogen) atoms. The second-order valence-corrected chi connectivity index (χ2v) is 16.1. The summed E-state index contributed by atoms with van der Waals surface area (Å²) >= 11 is 0. The Morgan fingerprint density at radius 3 is 1.36 bits per heavy atom. The molecule has 268 valence electrons. The standard InChI is InChI=1S/C57H35N/c1-2-17-37-34-39(33-32-36(37)16-1)55-40-19-4-3-18-38(40)35-53(58-55)45-24-15-31-52-54(45)57(48-27-11-7-22-43(48)44-23-8-12-28-49(44)57)51-30-14-13-29-50(51)56(52)46-25-9-5-20-41(46)42-21-6-10-26-47(42)56/h1-35H. The molecule has 0 radical (unpaired) electrons. The maximum Gasteiger partial charge on any atom is 0.0788 e. The average Bonchev–Trinajstić information content (AvgIpc) is 3.76. The molecule has 3 aliphatic carbocycles. The van der Waals surface area contributed by atoms with Gasteiger partial charge in [-0.2, -0.15) is 0 Å². The van der Waals surface area contributed by atoms with E-state index in [1.54, 1.807) is 0 Å². The molecule has 2 spiro atoms. The summed E-state index contributed by atoms with van der Waals surface area (Å²) in [5.74, 6) is 0. The van der Waals surface area contributed by atoms with Crippen molar-refractivity contribution in [3.8, 4) is 44.8 Å². The summed E-state index contributed by atoms with van der Waals surface area (Å²) in [5, 5.41) is 4.77. The van der Waals surface area contributed by atoms with E-state index >= 15 is 0 Å². The molecule has 0 bridgehead atoms. The van der Waals surface area contributed by atoms with E-state index in [9.17, 15) is 0 Å². The van der Waals surface area contributed by atoms with Crippen LogP contribution in [-0.2, 0) is 10.8 Å². The fourth-order valence-electron chi connectivity index (χ4n) is 11.4. The molecule has 0 saturated carbocycles. The van der Waals surface area contributed by atoms with Crippen LogP contribution in [0.5, 0.6) is 0 Å². The quantitative estimate of drug-likeness (QED) is 0.172. The highest BCUT2D eigenvalue weighted by Gasteiger charge is 2.59. The molecule has 10 aromatic rings. The molecular weight excluding hydrogens is 699 g/mol. The van der Waals surface area contributed by atoms with Gasteiger partial charge in [-0.05, 0) is 95.1 Å². The van der Waals surface area contributed by atoms with Crippen molar-refractivity contribution in [1.29, 1.82) is 0 Å². The van der Waals surface area contributed by atoms with Crippen molar-refractivity contribution in [1.82, 2.24) is 4.98 Å². The first-order valence-electron chi connectivity index (χ1n) is 20.3. The van der Waals surface area contributed by atoms with Gasteiger partial charge in [-0.25, -0.2) is 4.98 Å². The van der Waals surface area contributed by atoms with Gasteiger partial charge >= 0.3 is 0 Å². The van der Waals surface area contributed by atoms with E-state index in [-0.39, 0.29) is 0 Å². The van der Waals surface area contributed by atoms with Crippen LogP contribution in [0.25, 0.3) is 66.3 Å². The number of nitrogens with zero attached hydrogens (tertiary/aromatic N) is 1. The van der Waals surface area contributed by atoms with Gasteiger partial charge in [0.2, 0.25) is 0 Å². The zero-order chi connectivity index (χ0) is 38.0. The minimum absolute atomic E-state index is 0.551. The van der Waals surface area contributed by atoms with Gasteiger partial charge in [0.1, 0.15) is 0 Å². The van der Waals surface area contributed by atoms with Crippen LogP contribution < -0.4 is 0 Å². The fourth-order valence-corrected chi connectivity index (χ4v) is 11.4. The number of benzene rings is 9. The van der Waals surface area contributed by atoms with Crippen molar-refractivity contribution in [2.24, 2.45) is 0 Å². The summed E-state index contributed by atoms with van der Waals surface area (Å²) in [5.41, 5.74) is 18.9. The van der Waals surface area contributed by atoms with Crippen molar-refractivity contribution in [3.05, 3.63) is 257 Å². The van der Waals surface area contributed by atoms with Gasteiger partial charge in [0.05, 0.1) is 22.2 Å². The minimum atomic E-state index is -0.607. The van der Waals surface area contributed by atoms with E-state index in [1.807, 2.05) is 0 Å². The van der Waals surface area contributed by atoms with Crippen molar-refractivity contribution in [2.75, 3.05) is 0 Å². The normalized spacial score (nSPS) is 14.5. The maximum atomic E-state index is 5.78. The Labute approximate surface area is 337 Å². The average molecular weight is 734 g/mol. The first kappa shape index (κ1) is 31.8. The van der Waals surface area contributed by atoms with E-state index < -0.39 is 10.8 Å². The monoisotopic (exact) mass is 733 g/mol. The molecule has 0 fully saturated rings. The third-order valence-corrected chi connectivity index (χ3v) is 13.5. The maximum absolute atomic E-state index is 5.78. The topological polar surface area (TPSA) is 12.9 Å². The summed E-state index contributed by atoms with van der Waals surface area (Å²) in [7, 11) is 0. The lowest BCUT2D eigenvalue weighted by atomic mass is 9.51. The molecule has 1 nitrogen and oxygen atoms in total. The Hall–Kier alpha value is -7.35. The number of rotatable bonds is 2. The lowest BCUT2D eigenvalue weighted by molar-refractivity contribution is 0.634. The van der Waals surface area contributed by atoms with Crippen molar-refractivity contribution < 1.29 is 0 Å². The highest BCUT2D eigenvalue weighted by atomic mass is 14.7.